The number of ether oxygens (including phenoxy) is 2. The second-order valence-corrected chi connectivity index (χ2v) is 8.58. The third-order valence-electron chi connectivity index (χ3n) is 4.51. The maximum absolute atomic E-state index is 13.1. The Kier molecular flexibility index (Phi) is 12.0. The van der Waals surface area contributed by atoms with Crippen molar-refractivity contribution in [3.63, 3.8) is 0 Å². The molecule has 0 bridgehead atoms. The van der Waals surface area contributed by atoms with Crippen molar-refractivity contribution in [2.45, 2.75) is 66.8 Å². The summed E-state index contributed by atoms with van der Waals surface area (Å²) in [6.07, 6.45) is 1.59. The molecule has 2 amide bonds. The standard InChI is InChI=1S/C20H38N2O6/c1-8-9-14(18(24)22-26)15(12-13(2)3)17(23)21-16(20(4,5)6)19(25)28-11-10-27-7/h13-16,26H,8-12H2,1-7H3,(H,21,23)(H,22,24)/t14-,15+,16?/m0/s1. The fraction of sp³-hybridized carbons (Fsp3) is 0.850. The van der Waals surface area contributed by atoms with E-state index in [1.165, 1.54) is 7.11 Å². The van der Waals surface area contributed by atoms with E-state index < -0.39 is 35.2 Å². The minimum atomic E-state index is -0.869. The summed E-state index contributed by atoms with van der Waals surface area (Å²) >= 11 is 0. The van der Waals surface area contributed by atoms with Gasteiger partial charge in [-0.05, 0) is 24.2 Å². The molecule has 0 rings (SSSR count). The van der Waals surface area contributed by atoms with Crippen LogP contribution in [0.5, 0.6) is 0 Å². The first-order valence-corrected chi connectivity index (χ1v) is 9.89. The lowest BCUT2D eigenvalue weighted by Gasteiger charge is -2.33. The lowest BCUT2D eigenvalue weighted by atomic mass is 9.80. The molecule has 0 saturated heterocycles. The van der Waals surface area contributed by atoms with Gasteiger partial charge in [0, 0.05) is 13.0 Å². The Morgan fingerprint density at radius 2 is 1.64 bits per heavy atom. The summed E-state index contributed by atoms with van der Waals surface area (Å²) in [7, 11) is 1.51. The molecule has 28 heavy (non-hydrogen) atoms. The van der Waals surface area contributed by atoms with Crippen LogP contribution >= 0.6 is 0 Å². The molecule has 0 aliphatic rings. The van der Waals surface area contributed by atoms with Crippen LogP contribution < -0.4 is 10.8 Å². The molecule has 1 unspecified atom stereocenters. The van der Waals surface area contributed by atoms with E-state index in [2.05, 4.69) is 5.32 Å². The van der Waals surface area contributed by atoms with Gasteiger partial charge in [0.2, 0.25) is 11.8 Å². The Morgan fingerprint density at radius 1 is 1.04 bits per heavy atom. The third kappa shape index (κ3) is 9.01. The molecule has 8 heteroatoms. The van der Waals surface area contributed by atoms with E-state index in [4.69, 9.17) is 14.7 Å². The highest BCUT2D eigenvalue weighted by Crippen LogP contribution is 2.27. The van der Waals surface area contributed by atoms with Crippen molar-refractivity contribution in [1.82, 2.24) is 10.8 Å². The van der Waals surface area contributed by atoms with Gasteiger partial charge in [-0.1, -0.05) is 48.0 Å². The number of carbonyl (C=O) groups is 3. The molecule has 8 nitrogen and oxygen atoms in total. The zero-order chi connectivity index (χ0) is 21.9. The quantitative estimate of drug-likeness (QED) is 0.200. The number of carbonyl (C=O) groups excluding carboxylic acids is 3. The third-order valence-corrected chi connectivity index (χ3v) is 4.51. The first-order chi connectivity index (χ1) is 13.0. The summed E-state index contributed by atoms with van der Waals surface area (Å²) in [4.78, 5) is 37.8. The van der Waals surface area contributed by atoms with Crippen LogP contribution in [0.25, 0.3) is 0 Å². The molecule has 0 aliphatic heterocycles. The average Bonchev–Trinajstić information content (AvgIpc) is 2.60. The van der Waals surface area contributed by atoms with Gasteiger partial charge in [-0.25, -0.2) is 10.3 Å². The minimum Gasteiger partial charge on any atom is -0.462 e. The first kappa shape index (κ1) is 26.3. The summed E-state index contributed by atoms with van der Waals surface area (Å²) in [5.74, 6) is -2.70. The van der Waals surface area contributed by atoms with Crippen LogP contribution in [-0.2, 0) is 23.9 Å². The van der Waals surface area contributed by atoms with Gasteiger partial charge in [-0.2, -0.15) is 0 Å². The number of hydroxylamine groups is 1. The topological polar surface area (TPSA) is 114 Å². The predicted octanol–water partition coefficient (Wildman–Crippen LogP) is 2.29. The summed E-state index contributed by atoms with van der Waals surface area (Å²) in [5, 5.41) is 11.9. The summed E-state index contributed by atoms with van der Waals surface area (Å²) in [6, 6.07) is -0.869. The van der Waals surface area contributed by atoms with E-state index in [1.807, 2.05) is 41.5 Å². The lowest BCUT2D eigenvalue weighted by molar-refractivity contribution is -0.153. The predicted molar refractivity (Wildman–Crippen MR) is 105 cm³/mol. The van der Waals surface area contributed by atoms with E-state index in [1.54, 1.807) is 5.48 Å². The van der Waals surface area contributed by atoms with Crippen LogP contribution in [0.4, 0.5) is 0 Å². The Morgan fingerprint density at radius 3 is 2.07 bits per heavy atom. The Labute approximate surface area is 168 Å². The normalized spacial score (nSPS) is 14.9. The molecule has 0 saturated carbocycles. The van der Waals surface area contributed by atoms with Crippen LogP contribution in [0.2, 0.25) is 0 Å². The Bertz CT molecular complexity index is 501. The van der Waals surface area contributed by atoms with Gasteiger partial charge in [-0.15, -0.1) is 0 Å². The van der Waals surface area contributed by atoms with E-state index in [-0.39, 0.29) is 25.0 Å². The number of nitrogens with one attached hydrogen (secondary N) is 2. The van der Waals surface area contributed by atoms with Gasteiger partial charge in [-0.3, -0.25) is 14.8 Å². The van der Waals surface area contributed by atoms with Crippen molar-refractivity contribution in [2.24, 2.45) is 23.2 Å². The monoisotopic (exact) mass is 402 g/mol. The second kappa shape index (κ2) is 12.7. The second-order valence-electron chi connectivity index (χ2n) is 8.58. The molecule has 0 heterocycles. The fourth-order valence-electron chi connectivity index (χ4n) is 3.06. The van der Waals surface area contributed by atoms with Crippen LogP contribution in [-0.4, -0.2) is 49.4 Å². The van der Waals surface area contributed by atoms with Gasteiger partial charge in [0.15, 0.2) is 0 Å². The van der Waals surface area contributed by atoms with Crippen LogP contribution in [0.15, 0.2) is 0 Å². The van der Waals surface area contributed by atoms with E-state index in [0.29, 0.717) is 19.3 Å². The Hall–Kier alpha value is -1.67. The molecule has 3 atom stereocenters. The van der Waals surface area contributed by atoms with Gasteiger partial charge in [0.25, 0.3) is 0 Å². The summed E-state index contributed by atoms with van der Waals surface area (Å²) < 4.78 is 10.1. The highest BCUT2D eigenvalue weighted by atomic mass is 16.6. The van der Waals surface area contributed by atoms with Crippen LogP contribution in [0.3, 0.4) is 0 Å². The molecule has 3 N–H and O–H groups in total. The summed E-state index contributed by atoms with van der Waals surface area (Å²) in [5.41, 5.74) is 1.09. The first-order valence-electron chi connectivity index (χ1n) is 9.89. The zero-order valence-electron chi connectivity index (χ0n) is 18.3. The number of hydrogen-bond donors (Lipinski definition) is 3. The number of esters is 1. The maximum atomic E-state index is 13.1. The van der Waals surface area contributed by atoms with E-state index in [0.717, 1.165) is 0 Å². The minimum absolute atomic E-state index is 0.0958. The largest absolute Gasteiger partial charge is 0.462 e. The van der Waals surface area contributed by atoms with Gasteiger partial charge in [0.05, 0.1) is 12.5 Å². The molecule has 164 valence electrons. The highest BCUT2D eigenvalue weighted by molar-refractivity contribution is 5.90. The highest BCUT2D eigenvalue weighted by Gasteiger charge is 2.39. The average molecular weight is 403 g/mol. The summed E-state index contributed by atoms with van der Waals surface area (Å²) in [6.45, 7) is 11.7. The van der Waals surface area contributed by atoms with Crippen molar-refractivity contribution in [2.75, 3.05) is 20.3 Å². The molecule has 0 aliphatic carbocycles. The zero-order valence-corrected chi connectivity index (χ0v) is 18.3. The van der Waals surface area contributed by atoms with Gasteiger partial charge >= 0.3 is 5.97 Å². The molecule has 0 fully saturated rings. The number of rotatable bonds is 12. The Balaban J connectivity index is 5.56. The van der Waals surface area contributed by atoms with Crippen molar-refractivity contribution < 1.29 is 29.1 Å². The molecule has 0 spiro atoms. The van der Waals surface area contributed by atoms with E-state index >= 15 is 0 Å². The van der Waals surface area contributed by atoms with Crippen molar-refractivity contribution in [3.05, 3.63) is 0 Å². The molecule has 0 radical (unpaired) electrons. The number of amides is 2. The number of hydrogen-bond acceptors (Lipinski definition) is 6. The van der Waals surface area contributed by atoms with Crippen LogP contribution in [0, 0.1) is 23.2 Å². The van der Waals surface area contributed by atoms with Crippen molar-refractivity contribution in [3.8, 4) is 0 Å². The van der Waals surface area contributed by atoms with Gasteiger partial charge in [0.1, 0.15) is 12.6 Å². The molecule has 0 aromatic carbocycles. The van der Waals surface area contributed by atoms with Crippen molar-refractivity contribution >= 4 is 17.8 Å². The van der Waals surface area contributed by atoms with E-state index in [9.17, 15) is 14.4 Å². The van der Waals surface area contributed by atoms with Crippen LogP contribution in [0.1, 0.15) is 60.8 Å². The maximum Gasteiger partial charge on any atom is 0.329 e. The molecule has 0 aromatic heterocycles. The van der Waals surface area contributed by atoms with Gasteiger partial charge < -0.3 is 14.8 Å². The smallest absolute Gasteiger partial charge is 0.329 e. The SMILES string of the molecule is CCC[C@H](C(=O)NO)[C@@H](CC(C)C)C(=O)NC(C(=O)OCCOC)C(C)(C)C. The molecule has 0 aromatic rings. The molecular weight excluding hydrogens is 364 g/mol. The number of methoxy groups -OCH3 is 1. The lowest BCUT2D eigenvalue weighted by Crippen LogP contribution is -2.53. The fourth-order valence-corrected chi connectivity index (χ4v) is 3.06. The van der Waals surface area contributed by atoms with Crippen molar-refractivity contribution in [1.29, 1.82) is 0 Å². The molecular formula is C20H38N2O6.